The topological polar surface area (TPSA) is 35.5 Å². The van der Waals surface area contributed by atoms with Crippen LogP contribution < -0.4 is 0 Å². The van der Waals surface area contributed by atoms with Gasteiger partial charge in [-0.1, -0.05) is 52.8 Å². The molecule has 3 nitrogen and oxygen atoms in total. The van der Waals surface area contributed by atoms with Crippen molar-refractivity contribution in [3.05, 3.63) is 23.2 Å². The monoisotopic (exact) mass is 410 g/mol. The summed E-state index contributed by atoms with van der Waals surface area (Å²) in [7, 11) is 1.43. The van der Waals surface area contributed by atoms with Gasteiger partial charge in [-0.2, -0.15) is 0 Å². The average molecular weight is 411 g/mol. The molecule has 1 rings (SSSR count). The summed E-state index contributed by atoms with van der Waals surface area (Å²) >= 11 is 3.29. The molecule has 2 atom stereocenters. The van der Waals surface area contributed by atoms with Crippen molar-refractivity contribution in [1.29, 1.82) is 0 Å². The van der Waals surface area contributed by atoms with Crippen LogP contribution in [-0.4, -0.2) is 25.3 Å². The van der Waals surface area contributed by atoms with Crippen LogP contribution >= 0.6 is 15.9 Å². The van der Waals surface area contributed by atoms with Crippen LogP contribution in [0.3, 0.4) is 0 Å². The molecule has 1 heterocycles. The summed E-state index contributed by atoms with van der Waals surface area (Å²) in [6.07, 6.45) is 18.2. The van der Waals surface area contributed by atoms with Crippen LogP contribution in [-0.2, 0) is 14.3 Å². The number of allylic oxidation sites excluding steroid dienone is 3. The lowest BCUT2D eigenvalue weighted by Crippen LogP contribution is -2.10. The number of hydrogen-bond donors (Lipinski definition) is 0. The van der Waals surface area contributed by atoms with E-state index in [0.717, 1.165) is 38.5 Å². The average Bonchev–Trinajstić information content (AvgIpc) is 3.07. The maximum atomic E-state index is 11.1. The molecule has 25 heavy (non-hydrogen) atoms. The fourth-order valence-electron chi connectivity index (χ4n) is 2.82. The van der Waals surface area contributed by atoms with Crippen molar-refractivity contribution in [2.75, 3.05) is 7.11 Å². The summed E-state index contributed by atoms with van der Waals surface area (Å²) in [6, 6.07) is 0. The highest BCUT2D eigenvalue weighted by Crippen LogP contribution is 2.23. The molecule has 0 aromatic heterocycles. The van der Waals surface area contributed by atoms with E-state index in [2.05, 4.69) is 44.7 Å². The third kappa shape index (κ3) is 12.0. The third-order valence-corrected chi connectivity index (χ3v) is 4.64. The number of rotatable bonds is 11. The zero-order valence-corrected chi connectivity index (χ0v) is 16.9. The normalized spacial score (nSPS) is 20.1. The molecule has 0 N–H and O–H groups in total. The molecule has 0 aromatic carbocycles. The van der Waals surface area contributed by atoms with Crippen LogP contribution in [0.15, 0.2) is 23.2 Å². The molecule has 0 amide bonds. The highest BCUT2D eigenvalue weighted by molar-refractivity contribution is 9.11. The second-order valence-electron chi connectivity index (χ2n) is 6.34. The number of hydrogen-bond acceptors (Lipinski definition) is 3. The van der Waals surface area contributed by atoms with E-state index in [4.69, 9.17) is 4.74 Å². The second-order valence-corrected chi connectivity index (χ2v) is 6.87. The van der Waals surface area contributed by atoms with Crippen LogP contribution in [0.4, 0.5) is 0 Å². The lowest BCUT2D eigenvalue weighted by molar-refractivity contribution is -0.140. The van der Waals surface area contributed by atoms with Gasteiger partial charge in [0.15, 0.2) is 0 Å². The van der Waals surface area contributed by atoms with Crippen molar-refractivity contribution < 1.29 is 14.3 Å². The first-order valence-electron chi connectivity index (χ1n) is 9.39. The molecule has 1 fully saturated rings. The first-order valence-corrected chi connectivity index (χ1v) is 10.3. The molecule has 4 heteroatoms. The molecule has 0 radical (unpaired) electrons. The number of unbranched alkanes of at least 4 members (excludes halogenated alkanes) is 5. The van der Waals surface area contributed by atoms with E-state index in [0.29, 0.717) is 6.42 Å². The Labute approximate surface area is 161 Å². The zero-order chi connectivity index (χ0) is 18.2. The van der Waals surface area contributed by atoms with E-state index >= 15 is 0 Å². The molecule has 0 bridgehead atoms. The predicted octanol–water partition coefficient (Wildman–Crippen LogP) is 5.69. The highest BCUT2D eigenvalue weighted by atomic mass is 79.9. The Hall–Kier alpha value is -1.05. The second kappa shape index (κ2) is 15.2. The van der Waals surface area contributed by atoms with E-state index < -0.39 is 0 Å². The number of carbonyl (C=O) groups excluding carboxylic acids is 1. The molecule has 0 unspecified atom stereocenters. The largest absolute Gasteiger partial charge is 0.469 e. The third-order valence-electron chi connectivity index (χ3n) is 4.27. The SMILES string of the molecule is COC(=O)CCC[C@@H]1CC[C@@H](C#C/C=C/CCCCCC/C=C/Br)O1. The van der Waals surface area contributed by atoms with Gasteiger partial charge in [0.1, 0.15) is 6.10 Å². The van der Waals surface area contributed by atoms with E-state index in [9.17, 15) is 4.79 Å². The van der Waals surface area contributed by atoms with Crippen molar-refractivity contribution in [2.24, 2.45) is 0 Å². The van der Waals surface area contributed by atoms with Crippen LogP contribution in [0, 0.1) is 11.8 Å². The maximum Gasteiger partial charge on any atom is 0.305 e. The minimum atomic E-state index is -0.143. The molecular formula is C21H31BrO3. The molecule has 0 saturated carbocycles. The molecular weight excluding hydrogens is 380 g/mol. The summed E-state index contributed by atoms with van der Waals surface area (Å²) in [5.41, 5.74) is 0. The van der Waals surface area contributed by atoms with Gasteiger partial charge in [-0.15, -0.1) is 0 Å². The number of carbonyl (C=O) groups is 1. The van der Waals surface area contributed by atoms with E-state index in [-0.39, 0.29) is 18.2 Å². The smallest absolute Gasteiger partial charge is 0.305 e. The number of halogens is 1. The fourth-order valence-corrected chi connectivity index (χ4v) is 3.09. The van der Waals surface area contributed by atoms with E-state index in [1.807, 2.05) is 11.1 Å². The Morgan fingerprint density at radius 3 is 2.64 bits per heavy atom. The Balaban J connectivity index is 2.03. The Morgan fingerprint density at radius 1 is 1.16 bits per heavy atom. The minimum absolute atomic E-state index is 0.0512. The first-order chi connectivity index (χ1) is 12.3. The van der Waals surface area contributed by atoms with Crippen LogP contribution in [0.2, 0.25) is 0 Å². The van der Waals surface area contributed by atoms with Gasteiger partial charge in [0.05, 0.1) is 13.2 Å². The van der Waals surface area contributed by atoms with Crippen LogP contribution in [0.5, 0.6) is 0 Å². The highest BCUT2D eigenvalue weighted by Gasteiger charge is 2.23. The van der Waals surface area contributed by atoms with Crippen molar-refractivity contribution in [2.45, 2.75) is 82.8 Å². The quantitative estimate of drug-likeness (QED) is 0.249. The lowest BCUT2D eigenvalue weighted by atomic mass is 10.1. The van der Waals surface area contributed by atoms with Gasteiger partial charge >= 0.3 is 5.97 Å². The van der Waals surface area contributed by atoms with Crippen molar-refractivity contribution in [1.82, 2.24) is 0 Å². The van der Waals surface area contributed by atoms with Gasteiger partial charge in [-0.3, -0.25) is 4.79 Å². The molecule has 0 aliphatic carbocycles. The molecule has 0 spiro atoms. The van der Waals surface area contributed by atoms with Crippen molar-refractivity contribution in [3.8, 4) is 11.8 Å². The Bertz CT molecular complexity index is 473. The number of esters is 1. The minimum Gasteiger partial charge on any atom is -0.469 e. The molecule has 1 aliphatic heterocycles. The standard InChI is InChI=1S/C21H31BrO3/c1-24-21(23)15-12-14-20-17-16-19(25-20)13-10-8-6-4-2-3-5-7-9-11-18-22/h6,8,11,18-20H,2-5,7,9,12,14-17H2,1H3/b8-6+,18-11+/t19-,20-/m1/s1. The fraction of sp³-hybridized carbons (Fsp3) is 0.667. The molecule has 0 aromatic rings. The summed E-state index contributed by atoms with van der Waals surface area (Å²) in [4.78, 5) is 13.0. The molecule has 1 saturated heterocycles. The Kier molecular flexibility index (Phi) is 13.4. The van der Waals surface area contributed by atoms with Crippen molar-refractivity contribution in [3.63, 3.8) is 0 Å². The van der Waals surface area contributed by atoms with Gasteiger partial charge in [0.2, 0.25) is 0 Å². The number of ether oxygens (including phenoxy) is 2. The van der Waals surface area contributed by atoms with Gasteiger partial charge < -0.3 is 9.47 Å². The summed E-state index contributed by atoms with van der Waals surface area (Å²) in [6.45, 7) is 0. The zero-order valence-electron chi connectivity index (χ0n) is 15.3. The van der Waals surface area contributed by atoms with E-state index in [1.165, 1.54) is 32.8 Å². The summed E-state index contributed by atoms with van der Waals surface area (Å²) < 4.78 is 10.5. The van der Waals surface area contributed by atoms with Gasteiger partial charge in [0, 0.05) is 6.42 Å². The lowest BCUT2D eigenvalue weighted by Gasteiger charge is -2.09. The predicted molar refractivity (Wildman–Crippen MR) is 106 cm³/mol. The maximum absolute atomic E-state index is 11.1. The van der Waals surface area contributed by atoms with Crippen molar-refractivity contribution >= 4 is 21.9 Å². The molecule has 140 valence electrons. The first kappa shape index (κ1) is 22.0. The molecule has 1 aliphatic rings. The van der Waals surface area contributed by atoms with Crippen LogP contribution in [0.25, 0.3) is 0 Å². The van der Waals surface area contributed by atoms with Crippen LogP contribution in [0.1, 0.15) is 70.6 Å². The summed E-state index contributed by atoms with van der Waals surface area (Å²) in [5.74, 6) is 6.15. The van der Waals surface area contributed by atoms with Gasteiger partial charge in [0.25, 0.3) is 0 Å². The summed E-state index contributed by atoms with van der Waals surface area (Å²) in [5, 5.41) is 0. The van der Waals surface area contributed by atoms with E-state index in [1.54, 1.807) is 0 Å². The van der Waals surface area contributed by atoms with Gasteiger partial charge in [-0.25, -0.2) is 0 Å². The van der Waals surface area contributed by atoms with Gasteiger partial charge in [-0.05, 0) is 62.4 Å². The Morgan fingerprint density at radius 2 is 1.92 bits per heavy atom. The number of methoxy groups -OCH3 is 1.